The van der Waals surface area contributed by atoms with Crippen molar-refractivity contribution >= 4 is 5.97 Å². The molecule has 0 aromatic heterocycles. The zero-order chi connectivity index (χ0) is 16.1. The molecule has 1 aliphatic heterocycles. The smallest absolute Gasteiger partial charge is 0.341 e. The minimum absolute atomic E-state index is 0.321. The van der Waals surface area contributed by atoms with Crippen LogP contribution < -0.4 is 0 Å². The van der Waals surface area contributed by atoms with Gasteiger partial charge in [-0.25, -0.2) is 4.79 Å². The van der Waals surface area contributed by atoms with Crippen molar-refractivity contribution in [2.75, 3.05) is 6.61 Å². The Bertz CT molecular complexity index is 666. The van der Waals surface area contributed by atoms with Gasteiger partial charge in [0.05, 0.1) is 12.2 Å². The Labute approximate surface area is 137 Å². The fraction of sp³-hybridized carbons (Fsp3) is 0.350. The molecule has 3 heteroatoms. The van der Waals surface area contributed by atoms with Crippen LogP contribution >= 0.6 is 0 Å². The number of hydrogen-bond donors (Lipinski definition) is 0. The first kappa shape index (κ1) is 15.8. The fourth-order valence-corrected chi connectivity index (χ4v) is 3.00. The maximum Gasteiger partial charge on any atom is 0.341 e. The molecule has 1 heterocycles. The van der Waals surface area contributed by atoms with Crippen molar-refractivity contribution in [3.8, 4) is 0 Å². The van der Waals surface area contributed by atoms with E-state index >= 15 is 0 Å². The molecule has 2 aromatic carbocycles. The second-order valence-corrected chi connectivity index (χ2v) is 5.83. The van der Waals surface area contributed by atoms with E-state index in [1.54, 1.807) is 6.07 Å². The van der Waals surface area contributed by atoms with Gasteiger partial charge in [-0.3, -0.25) is 0 Å². The van der Waals surface area contributed by atoms with E-state index < -0.39 is 5.79 Å². The third kappa shape index (κ3) is 3.02. The Morgan fingerprint density at radius 2 is 1.70 bits per heavy atom. The Balaban J connectivity index is 1.92. The molecule has 3 rings (SSSR count). The lowest BCUT2D eigenvalue weighted by atomic mass is 9.95. The zero-order valence-electron chi connectivity index (χ0n) is 13.5. The molecule has 2 aromatic rings. The van der Waals surface area contributed by atoms with E-state index in [1.807, 2.05) is 48.5 Å². The van der Waals surface area contributed by atoms with Gasteiger partial charge in [0.15, 0.2) is 0 Å². The summed E-state index contributed by atoms with van der Waals surface area (Å²) >= 11 is 0. The van der Waals surface area contributed by atoms with Crippen LogP contribution in [0.1, 0.15) is 54.1 Å². The van der Waals surface area contributed by atoms with E-state index in [2.05, 4.69) is 6.92 Å². The average Bonchev–Trinajstić information content (AvgIpc) is 2.89. The van der Waals surface area contributed by atoms with Crippen LogP contribution in [-0.2, 0) is 15.3 Å². The number of carbonyl (C=O) groups is 1. The standard InChI is InChI=1S/C20H22O3/c1-2-3-4-10-15-22-20(16-11-6-5-7-12-16)18-14-9-8-13-17(18)19(21)23-20/h5-9,11-14H,2-4,10,15H2,1H3/t20-/m1/s1. The number of benzene rings is 2. The molecule has 1 aliphatic rings. The topological polar surface area (TPSA) is 35.5 Å². The van der Waals surface area contributed by atoms with E-state index in [0.717, 1.165) is 24.0 Å². The molecule has 0 N–H and O–H groups in total. The molecule has 0 fully saturated rings. The normalized spacial score (nSPS) is 19.4. The zero-order valence-corrected chi connectivity index (χ0v) is 13.5. The molecule has 0 bridgehead atoms. The summed E-state index contributed by atoms with van der Waals surface area (Å²) in [7, 11) is 0. The number of fused-ring (bicyclic) bond motifs is 1. The number of ether oxygens (including phenoxy) is 2. The summed E-state index contributed by atoms with van der Waals surface area (Å²) in [5.74, 6) is -1.43. The van der Waals surface area contributed by atoms with Crippen molar-refractivity contribution in [1.82, 2.24) is 0 Å². The Morgan fingerprint density at radius 3 is 2.48 bits per heavy atom. The van der Waals surface area contributed by atoms with Gasteiger partial charge in [-0.15, -0.1) is 0 Å². The molecular formula is C20H22O3. The van der Waals surface area contributed by atoms with Crippen LogP contribution in [0, 0.1) is 0 Å². The summed E-state index contributed by atoms with van der Waals surface area (Å²) in [5, 5.41) is 0. The number of cyclic esters (lactones) is 1. The van der Waals surface area contributed by atoms with Gasteiger partial charge in [0.1, 0.15) is 0 Å². The predicted molar refractivity (Wildman–Crippen MR) is 89.2 cm³/mol. The Hall–Kier alpha value is -2.13. The lowest BCUT2D eigenvalue weighted by Crippen LogP contribution is -2.32. The molecule has 0 unspecified atom stereocenters. The largest absolute Gasteiger partial charge is 0.420 e. The number of esters is 1. The molecular weight excluding hydrogens is 288 g/mol. The van der Waals surface area contributed by atoms with Crippen LogP contribution in [0.15, 0.2) is 54.6 Å². The lowest BCUT2D eigenvalue weighted by Gasteiger charge is -2.29. The van der Waals surface area contributed by atoms with Crippen molar-refractivity contribution in [1.29, 1.82) is 0 Å². The second-order valence-electron chi connectivity index (χ2n) is 5.83. The summed E-state index contributed by atoms with van der Waals surface area (Å²) in [6, 6.07) is 17.2. The summed E-state index contributed by atoms with van der Waals surface area (Å²) < 4.78 is 11.9. The minimum atomic E-state index is -1.11. The van der Waals surface area contributed by atoms with Crippen LogP contribution in [-0.4, -0.2) is 12.6 Å². The van der Waals surface area contributed by atoms with Crippen molar-refractivity contribution < 1.29 is 14.3 Å². The van der Waals surface area contributed by atoms with Gasteiger partial charge in [0.2, 0.25) is 0 Å². The molecule has 1 atom stereocenters. The molecule has 0 amide bonds. The van der Waals surface area contributed by atoms with Gasteiger partial charge < -0.3 is 9.47 Å². The molecule has 0 radical (unpaired) electrons. The molecule has 23 heavy (non-hydrogen) atoms. The number of hydrogen-bond acceptors (Lipinski definition) is 3. The number of rotatable bonds is 7. The highest BCUT2D eigenvalue weighted by molar-refractivity contribution is 5.95. The number of unbranched alkanes of at least 4 members (excludes halogenated alkanes) is 3. The Morgan fingerprint density at radius 1 is 0.957 bits per heavy atom. The highest BCUT2D eigenvalue weighted by atomic mass is 16.7. The van der Waals surface area contributed by atoms with E-state index in [1.165, 1.54) is 12.8 Å². The average molecular weight is 310 g/mol. The molecule has 0 aliphatic carbocycles. The monoisotopic (exact) mass is 310 g/mol. The third-order valence-corrected chi connectivity index (χ3v) is 4.20. The molecule has 0 saturated heterocycles. The van der Waals surface area contributed by atoms with Gasteiger partial charge in [-0.1, -0.05) is 74.7 Å². The summed E-state index contributed by atoms with van der Waals surface area (Å²) in [5.41, 5.74) is 2.24. The van der Waals surface area contributed by atoms with Crippen molar-refractivity contribution in [2.24, 2.45) is 0 Å². The third-order valence-electron chi connectivity index (χ3n) is 4.20. The van der Waals surface area contributed by atoms with Gasteiger partial charge >= 0.3 is 5.97 Å². The summed E-state index contributed by atoms with van der Waals surface area (Å²) in [6.07, 6.45) is 4.46. The van der Waals surface area contributed by atoms with Gasteiger partial charge in [-0.05, 0) is 12.5 Å². The van der Waals surface area contributed by atoms with Crippen LogP contribution in [0.3, 0.4) is 0 Å². The highest BCUT2D eigenvalue weighted by Crippen LogP contribution is 2.42. The van der Waals surface area contributed by atoms with E-state index in [9.17, 15) is 4.79 Å². The fourth-order valence-electron chi connectivity index (χ4n) is 3.00. The van der Waals surface area contributed by atoms with E-state index in [-0.39, 0.29) is 5.97 Å². The maximum absolute atomic E-state index is 12.3. The lowest BCUT2D eigenvalue weighted by molar-refractivity contribution is -0.174. The predicted octanol–water partition coefficient (Wildman–Crippen LogP) is 4.66. The first-order valence-corrected chi connectivity index (χ1v) is 8.30. The maximum atomic E-state index is 12.3. The van der Waals surface area contributed by atoms with Crippen molar-refractivity contribution in [3.63, 3.8) is 0 Å². The number of carbonyl (C=O) groups excluding carboxylic acids is 1. The molecule has 120 valence electrons. The quantitative estimate of drug-likeness (QED) is 0.551. The first-order chi connectivity index (χ1) is 11.3. The van der Waals surface area contributed by atoms with Gasteiger partial charge in [0.25, 0.3) is 5.79 Å². The van der Waals surface area contributed by atoms with Crippen LogP contribution in [0.4, 0.5) is 0 Å². The first-order valence-electron chi connectivity index (χ1n) is 8.30. The highest BCUT2D eigenvalue weighted by Gasteiger charge is 2.48. The minimum Gasteiger partial charge on any atom is -0.420 e. The molecule has 0 saturated carbocycles. The van der Waals surface area contributed by atoms with Gasteiger partial charge in [-0.2, -0.15) is 0 Å². The van der Waals surface area contributed by atoms with Crippen LogP contribution in [0.25, 0.3) is 0 Å². The van der Waals surface area contributed by atoms with Crippen LogP contribution in [0.2, 0.25) is 0 Å². The van der Waals surface area contributed by atoms with E-state index in [4.69, 9.17) is 9.47 Å². The van der Waals surface area contributed by atoms with E-state index in [0.29, 0.717) is 12.2 Å². The summed E-state index contributed by atoms with van der Waals surface area (Å²) in [6.45, 7) is 2.75. The molecule has 3 nitrogen and oxygen atoms in total. The van der Waals surface area contributed by atoms with Crippen molar-refractivity contribution in [3.05, 3.63) is 71.3 Å². The summed E-state index contributed by atoms with van der Waals surface area (Å²) in [4.78, 5) is 12.3. The second kappa shape index (κ2) is 6.97. The van der Waals surface area contributed by atoms with Crippen LogP contribution in [0.5, 0.6) is 0 Å². The molecule has 0 spiro atoms. The van der Waals surface area contributed by atoms with Gasteiger partial charge in [0, 0.05) is 11.1 Å². The Kier molecular flexibility index (Phi) is 4.77. The SMILES string of the molecule is CCCCCCO[C@]1(c2ccccc2)OC(=O)c2ccccc21. The van der Waals surface area contributed by atoms with Crippen molar-refractivity contribution in [2.45, 2.75) is 38.4 Å².